The van der Waals surface area contributed by atoms with Crippen molar-refractivity contribution in [2.45, 2.75) is 25.8 Å². The van der Waals surface area contributed by atoms with Crippen LogP contribution in [0, 0.1) is 6.92 Å². The second-order valence-corrected chi connectivity index (χ2v) is 5.92. The number of fused-ring (bicyclic) bond motifs is 4. The molecular weight excluding hydrogens is 266 g/mol. The Morgan fingerprint density at radius 3 is 2.90 bits per heavy atom. The molecule has 1 aromatic rings. The van der Waals surface area contributed by atoms with Crippen LogP contribution in [0.5, 0.6) is 0 Å². The van der Waals surface area contributed by atoms with Gasteiger partial charge in [-0.3, -0.25) is 14.6 Å². The molecule has 1 amide bonds. The number of carbonyl (C=O) groups excluding carboxylic acids is 1. The molecule has 6 heteroatoms. The van der Waals surface area contributed by atoms with E-state index in [9.17, 15) is 4.79 Å². The van der Waals surface area contributed by atoms with Gasteiger partial charge in [0, 0.05) is 51.5 Å². The van der Waals surface area contributed by atoms with Gasteiger partial charge in [0.15, 0.2) is 0 Å². The Balaban J connectivity index is 1.49. The Labute approximate surface area is 125 Å². The zero-order valence-electron chi connectivity index (χ0n) is 12.6. The predicted molar refractivity (Wildman–Crippen MR) is 79.9 cm³/mol. The number of hydrogen-bond acceptors (Lipinski definition) is 5. The lowest BCUT2D eigenvalue weighted by Gasteiger charge is -2.36. The summed E-state index contributed by atoms with van der Waals surface area (Å²) < 4.78 is 0. The molecule has 4 heterocycles. The first-order chi connectivity index (χ1) is 10.2. The standard InChI is InChI=1S/C15H23N5O/c1-12-9-17-14(18-10-12)3-4-16-15(21)13-11-19-5-2-6-20(13)8-7-19/h9-10,13H,2-8,11H2,1H3,(H,16,21). The summed E-state index contributed by atoms with van der Waals surface area (Å²) in [4.78, 5) is 25.6. The van der Waals surface area contributed by atoms with E-state index in [0.717, 1.165) is 44.1 Å². The molecule has 0 spiro atoms. The fraction of sp³-hybridized carbons (Fsp3) is 0.667. The Hall–Kier alpha value is -1.53. The molecule has 1 aromatic heterocycles. The predicted octanol–water partition coefficient (Wildman–Crippen LogP) is -0.166. The smallest absolute Gasteiger partial charge is 0.238 e. The van der Waals surface area contributed by atoms with Gasteiger partial charge in [-0.05, 0) is 25.5 Å². The van der Waals surface area contributed by atoms with Crippen molar-refractivity contribution in [1.29, 1.82) is 0 Å². The summed E-state index contributed by atoms with van der Waals surface area (Å²) in [5.74, 6) is 0.932. The van der Waals surface area contributed by atoms with E-state index >= 15 is 0 Å². The van der Waals surface area contributed by atoms with Crippen LogP contribution in [0.3, 0.4) is 0 Å². The monoisotopic (exact) mass is 289 g/mol. The van der Waals surface area contributed by atoms with E-state index in [2.05, 4.69) is 25.1 Å². The zero-order chi connectivity index (χ0) is 14.7. The molecule has 3 atom stereocenters. The summed E-state index contributed by atoms with van der Waals surface area (Å²) in [6.07, 6.45) is 5.48. The highest BCUT2D eigenvalue weighted by Crippen LogP contribution is 2.15. The lowest BCUT2D eigenvalue weighted by molar-refractivity contribution is -0.127. The second-order valence-electron chi connectivity index (χ2n) is 5.92. The highest BCUT2D eigenvalue weighted by Gasteiger charge is 2.33. The largest absolute Gasteiger partial charge is 0.354 e. The average Bonchev–Trinajstić information content (AvgIpc) is 2.84. The zero-order valence-corrected chi connectivity index (χ0v) is 12.6. The first-order valence-corrected chi connectivity index (χ1v) is 7.74. The minimum Gasteiger partial charge on any atom is -0.354 e. The number of piperazine rings is 1. The number of nitrogens with zero attached hydrogens (tertiary/aromatic N) is 4. The van der Waals surface area contributed by atoms with Crippen LogP contribution in [0.25, 0.3) is 0 Å². The number of hydrogen-bond donors (Lipinski definition) is 1. The van der Waals surface area contributed by atoms with Crippen LogP contribution >= 0.6 is 0 Å². The van der Waals surface area contributed by atoms with Crippen molar-refractivity contribution in [3.63, 3.8) is 0 Å². The second kappa shape index (κ2) is 6.49. The number of rotatable bonds is 4. The summed E-state index contributed by atoms with van der Waals surface area (Å²) in [6, 6.07) is 0.0141. The van der Waals surface area contributed by atoms with E-state index in [-0.39, 0.29) is 11.9 Å². The van der Waals surface area contributed by atoms with E-state index in [0.29, 0.717) is 13.0 Å². The van der Waals surface area contributed by atoms with Crippen molar-refractivity contribution in [3.8, 4) is 0 Å². The SMILES string of the molecule is Cc1cnc(CCNC(=O)C2CN3CCCN2CC3)nc1. The molecule has 6 nitrogen and oxygen atoms in total. The molecule has 3 aliphatic rings. The number of aryl methyl sites for hydroxylation is 1. The van der Waals surface area contributed by atoms with E-state index in [1.54, 1.807) is 0 Å². The molecule has 3 saturated heterocycles. The number of carbonyl (C=O) groups is 1. The highest BCUT2D eigenvalue weighted by atomic mass is 16.2. The third-order valence-corrected chi connectivity index (χ3v) is 4.28. The van der Waals surface area contributed by atoms with Crippen molar-refractivity contribution >= 4 is 5.91 Å². The third-order valence-electron chi connectivity index (χ3n) is 4.28. The van der Waals surface area contributed by atoms with Gasteiger partial charge in [-0.25, -0.2) is 9.97 Å². The highest BCUT2D eigenvalue weighted by molar-refractivity contribution is 5.82. The molecule has 0 radical (unpaired) electrons. The summed E-state index contributed by atoms with van der Waals surface area (Å²) in [5.41, 5.74) is 1.05. The van der Waals surface area contributed by atoms with Gasteiger partial charge in [-0.1, -0.05) is 0 Å². The van der Waals surface area contributed by atoms with Crippen LogP contribution in [-0.2, 0) is 11.2 Å². The fourth-order valence-electron chi connectivity index (χ4n) is 3.06. The van der Waals surface area contributed by atoms with Crippen molar-refractivity contribution < 1.29 is 4.79 Å². The molecule has 1 N–H and O–H groups in total. The topological polar surface area (TPSA) is 61.4 Å². The number of nitrogens with one attached hydrogen (secondary N) is 1. The quantitative estimate of drug-likeness (QED) is 0.834. The maximum absolute atomic E-state index is 12.4. The van der Waals surface area contributed by atoms with Gasteiger partial charge in [-0.15, -0.1) is 0 Å². The van der Waals surface area contributed by atoms with Gasteiger partial charge in [0.1, 0.15) is 11.9 Å². The van der Waals surface area contributed by atoms with Crippen LogP contribution in [0.1, 0.15) is 17.8 Å². The van der Waals surface area contributed by atoms with Crippen molar-refractivity contribution in [2.75, 3.05) is 39.3 Å². The molecule has 3 unspecified atom stereocenters. The van der Waals surface area contributed by atoms with Crippen LogP contribution in [-0.4, -0.2) is 71.0 Å². The molecule has 0 saturated carbocycles. The number of amides is 1. The molecular formula is C15H23N5O. The van der Waals surface area contributed by atoms with Crippen molar-refractivity contribution in [2.24, 2.45) is 0 Å². The molecule has 2 bridgehead atoms. The Kier molecular flexibility index (Phi) is 4.45. The van der Waals surface area contributed by atoms with Gasteiger partial charge in [-0.2, -0.15) is 0 Å². The van der Waals surface area contributed by atoms with E-state index in [1.807, 2.05) is 19.3 Å². The third kappa shape index (κ3) is 3.57. The maximum Gasteiger partial charge on any atom is 0.238 e. The molecule has 3 fully saturated rings. The van der Waals surface area contributed by atoms with Crippen LogP contribution in [0.4, 0.5) is 0 Å². The van der Waals surface area contributed by atoms with E-state index in [4.69, 9.17) is 0 Å². The van der Waals surface area contributed by atoms with Gasteiger partial charge >= 0.3 is 0 Å². The summed E-state index contributed by atoms with van der Waals surface area (Å²) >= 11 is 0. The molecule has 0 aromatic carbocycles. The van der Waals surface area contributed by atoms with Crippen molar-refractivity contribution in [1.82, 2.24) is 25.1 Å². The molecule has 21 heavy (non-hydrogen) atoms. The first kappa shape index (κ1) is 14.4. The van der Waals surface area contributed by atoms with Gasteiger partial charge in [0.25, 0.3) is 0 Å². The first-order valence-electron chi connectivity index (χ1n) is 7.74. The van der Waals surface area contributed by atoms with E-state index < -0.39 is 0 Å². The average molecular weight is 289 g/mol. The van der Waals surface area contributed by atoms with Crippen LogP contribution in [0.2, 0.25) is 0 Å². The lowest BCUT2D eigenvalue weighted by Crippen LogP contribution is -2.56. The maximum atomic E-state index is 12.4. The summed E-state index contributed by atoms with van der Waals surface area (Å²) in [7, 11) is 0. The van der Waals surface area contributed by atoms with Gasteiger partial charge < -0.3 is 5.32 Å². The summed E-state index contributed by atoms with van der Waals surface area (Å²) in [6.45, 7) is 7.71. The van der Waals surface area contributed by atoms with Gasteiger partial charge in [0.05, 0.1) is 0 Å². The normalized spacial score (nSPS) is 28.1. The number of aromatic nitrogens is 2. The Morgan fingerprint density at radius 2 is 2.10 bits per heavy atom. The molecule has 0 aliphatic carbocycles. The molecule has 4 rings (SSSR count). The fourth-order valence-corrected chi connectivity index (χ4v) is 3.06. The van der Waals surface area contributed by atoms with E-state index in [1.165, 1.54) is 6.42 Å². The van der Waals surface area contributed by atoms with Crippen molar-refractivity contribution in [3.05, 3.63) is 23.8 Å². The van der Waals surface area contributed by atoms with Crippen LogP contribution < -0.4 is 5.32 Å². The Bertz CT molecular complexity index is 485. The van der Waals surface area contributed by atoms with Gasteiger partial charge in [0.2, 0.25) is 5.91 Å². The molecule has 3 aliphatic heterocycles. The van der Waals surface area contributed by atoms with Crippen LogP contribution in [0.15, 0.2) is 12.4 Å². The Morgan fingerprint density at radius 1 is 1.29 bits per heavy atom. The summed E-state index contributed by atoms with van der Waals surface area (Å²) in [5, 5.41) is 3.04. The lowest BCUT2D eigenvalue weighted by atomic mass is 10.1. The minimum absolute atomic E-state index is 0.0141. The minimum atomic E-state index is 0.0141. The molecule has 114 valence electrons.